The number of isocyanates is 1. The number of rotatable bonds is 4. The molecule has 0 saturated heterocycles. The number of aryl methyl sites for hydroxylation is 1. The van der Waals surface area contributed by atoms with Gasteiger partial charge in [-0.05, 0) is 31.2 Å². The molecule has 3 rings (SSSR count). The first-order valence-corrected chi connectivity index (χ1v) is 8.13. The zero-order valence-electron chi connectivity index (χ0n) is 13.4. The fraction of sp³-hybridized carbons (Fsp3) is 0.0588. The number of aliphatic imine (C=N–C) groups is 1. The quantitative estimate of drug-likeness (QED) is 0.380. The maximum absolute atomic E-state index is 12.7. The number of aromatic amines is 1. The number of nitrogens with zero attached hydrogens (tertiary/aromatic N) is 4. The molecule has 2 aromatic carbocycles. The van der Waals surface area contributed by atoms with Gasteiger partial charge in [0.1, 0.15) is 11.4 Å². The van der Waals surface area contributed by atoms with Gasteiger partial charge in [0, 0.05) is 0 Å². The minimum atomic E-state index is -0.438. The Bertz CT molecular complexity index is 1110. The molecule has 0 bridgehead atoms. The van der Waals surface area contributed by atoms with E-state index in [4.69, 9.17) is 23.2 Å². The summed E-state index contributed by atoms with van der Waals surface area (Å²) in [6, 6.07) is 11.6. The number of aromatic nitrogens is 2. The summed E-state index contributed by atoms with van der Waals surface area (Å²) in [5.74, 6) is 0. The van der Waals surface area contributed by atoms with Crippen molar-refractivity contribution in [1.82, 2.24) is 9.78 Å². The average Bonchev–Trinajstić information content (AvgIpc) is 2.91. The van der Waals surface area contributed by atoms with Crippen molar-refractivity contribution in [3.05, 3.63) is 68.6 Å². The Kier molecular flexibility index (Phi) is 5.14. The molecule has 1 N–H and O–H groups in total. The van der Waals surface area contributed by atoms with E-state index in [0.29, 0.717) is 27.8 Å². The Morgan fingerprint density at radius 3 is 2.50 bits per heavy atom. The smallest absolute Gasteiger partial charge is 0.293 e. The van der Waals surface area contributed by atoms with E-state index < -0.39 is 5.56 Å². The molecule has 0 aliphatic rings. The predicted molar refractivity (Wildman–Crippen MR) is 99.5 cm³/mol. The highest BCUT2D eigenvalue weighted by Crippen LogP contribution is 2.30. The molecule has 1 aromatic heterocycles. The van der Waals surface area contributed by atoms with E-state index in [-0.39, 0.29) is 10.7 Å². The van der Waals surface area contributed by atoms with Crippen molar-refractivity contribution < 1.29 is 4.79 Å². The monoisotopic (exact) mass is 387 g/mol. The van der Waals surface area contributed by atoms with Crippen LogP contribution in [0.3, 0.4) is 0 Å². The van der Waals surface area contributed by atoms with Crippen molar-refractivity contribution in [1.29, 1.82) is 0 Å². The lowest BCUT2D eigenvalue weighted by Gasteiger charge is -2.05. The molecule has 0 aliphatic heterocycles. The highest BCUT2D eigenvalue weighted by Gasteiger charge is 2.15. The molecule has 0 spiro atoms. The third-order valence-electron chi connectivity index (χ3n) is 3.52. The number of azo groups is 1. The molecule has 3 aromatic rings. The van der Waals surface area contributed by atoms with Crippen LogP contribution in [0.25, 0.3) is 5.69 Å². The first-order valence-electron chi connectivity index (χ1n) is 7.37. The van der Waals surface area contributed by atoms with Crippen LogP contribution in [-0.4, -0.2) is 15.9 Å². The second-order valence-electron chi connectivity index (χ2n) is 5.19. The number of H-pyrrole nitrogens is 1. The molecule has 26 heavy (non-hydrogen) atoms. The molecule has 0 amide bonds. The summed E-state index contributed by atoms with van der Waals surface area (Å²) in [4.78, 5) is 26.7. The Morgan fingerprint density at radius 2 is 1.77 bits per heavy atom. The summed E-state index contributed by atoms with van der Waals surface area (Å²) in [6.07, 6.45) is 1.46. The lowest BCUT2D eigenvalue weighted by Crippen LogP contribution is -2.14. The minimum absolute atomic E-state index is 0.103. The van der Waals surface area contributed by atoms with Crippen LogP contribution < -0.4 is 5.56 Å². The zero-order chi connectivity index (χ0) is 18.7. The van der Waals surface area contributed by atoms with E-state index in [9.17, 15) is 9.59 Å². The van der Waals surface area contributed by atoms with Crippen LogP contribution >= 0.6 is 23.2 Å². The summed E-state index contributed by atoms with van der Waals surface area (Å²) < 4.78 is 1.24. The summed E-state index contributed by atoms with van der Waals surface area (Å²) >= 11 is 12.2. The molecule has 0 aliphatic carbocycles. The van der Waals surface area contributed by atoms with Crippen LogP contribution in [-0.2, 0) is 4.79 Å². The number of hydrogen-bond acceptors (Lipinski definition) is 5. The predicted octanol–water partition coefficient (Wildman–Crippen LogP) is 5.16. The van der Waals surface area contributed by atoms with Gasteiger partial charge in [-0.3, -0.25) is 9.89 Å². The van der Waals surface area contributed by atoms with Crippen molar-refractivity contribution in [2.45, 2.75) is 6.92 Å². The Hall–Kier alpha value is -2.99. The van der Waals surface area contributed by atoms with Crippen LogP contribution in [0, 0.1) is 6.92 Å². The average molecular weight is 388 g/mol. The van der Waals surface area contributed by atoms with Crippen LogP contribution in [0.2, 0.25) is 10.0 Å². The summed E-state index contributed by atoms with van der Waals surface area (Å²) in [5.41, 5.74) is 1.20. The normalized spacial score (nSPS) is 10.9. The van der Waals surface area contributed by atoms with Crippen LogP contribution in [0.15, 0.2) is 62.5 Å². The van der Waals surface area contributed by atoms with Crippen LogP contribution in [0.1, 0.15) is 5.69 Å². The van der Waals surface area contributed by atoms with E-state index >= 15 is 0 Å². The van der Waals surface area contributed by atoms with Gasteiger partial charge in [-0.2, -0.15) is 4.99 Å². The van der Waals surface area contributed by atoms with Crippen LogP contribution in [0.5, 0.6) is 0 Å². The molecular formula is C17H11Cl2N5O2. The molecule has 0 fully saturated rings. The number of carbonyl (C=O) groups excluding carboxylic acids is 1. The first kappa shape index (κ1) is 17.8. The number of para-hydroxylation sites is 1. The Morgan fingerprint density at radius 1 is 1.04 bits per heavy atom. The zero-order valence-corrected chi connectivity index (χ0v) is 14.9. The summed E-state index contributed by atoms with van der Waals surface area (Å²) in [6.45, 7) is 1.68. The molecule has 0 radical (unpaired) electrons. The van der Waals surface area contributed by atoms with Crippen molar-refractivity contribution in [3.63, 3.8) is 0 Å². The van der Waals surface area contributed by atoms with Crippen molar-refractivity contribution >= 4 is 46.3 Å². The van der Waals surface area contributed by atoms with Crippen molar-refractivity contribution in [2.24, 2.45) is 15.2 Å². The topological polar surface area (TPSA) is 91.9 Å². The van der Waals surface area contributed by atoms with Gasteiger partial charge in [0.25, 0.3) is 5.56 Å². The molecule has 1 heterocycles. The second kappa shape index (κ2) is 7.49. The van der Waals surface area contributed by atoms with E-state index in [2.05, 4.69) is 20.3 Å². The Balaban J connectivity index is 2.06. The van der Waals surface area contributed by atoms with Gasteiger partial charge in [0.05, 0.1) is 21.4 Å². The van der Waals surface area contributed by atoms with Gasteiger partial charge in [0.15, 0.2) is 5.69 Å². The summed E-state index contributed by atoms with van der Waals surface area (Å²) in [5, 5.41) is 11.5. The fourth-order valence-corrected chi connectivity index (χ4v) is 2.67. The van der Waals surface area contributed by atoms with Crippen molar-refractivity contribution in [3.8, 4) is 5.69 Å². The van der Waals surface area contributed by atoms with E-state index in [1.165, 1.54) is 10.8 Å². The third-order valence-corrected chi connectivity index (χ3v) is 4.33. The molecule has 0 atom stereocenters. The SMILES string of the molecule is Cc1[nH]n(-c2cccc(Cl)c2Cl)c(=O)c1N=Nc1ccccc1N=C=O. The molecular weight excluding hydrogens is 377 g/mol. The minimum Gasteiger partial charge on any atom is -0.293 e. The number of halogens is 2. The van der Waals surface area contributed by atoms with E-state index in [1.54, 1.807) is 49.4 Å². The maximum atomic E-state index is 12.7. The number of nitrogens with one attached hydrogen (secondary N) is 1. The standard InChI is InChI=1S/C17H11Cl2N5O2/c1-10-16(22-21-13-7-3-2-6-12(13)20-9-25)17(26)24(23-10)14-8-4-5-11(18)15(14)19/h2-8,23H,1H3. The number of hydrogen-bond donors (Lipinski definition) is 1. The third kappa shape index (κ3) is 3.36. The molecule has 7 nitrogen and oxygen atoms in total. The first-order chi connectivity index (χ1) is 12.5. The van der Waals surface area contributed by atoms with Gasteiger partial charge >= 0.3 is 0 Å². The highest BCUT2D eigenvalue weighted by molar-refractivity contribution is 6.43. The highest BCUT2D eigenvalue weighted by atomic mass is 35.5. The largest absolute Gasteiger partial charge is 0.299 e. The summed E-state index contributed by atoms with van der Waals surface area (Å²) in [7, 11) is 0. The lowest BCUT2D eigenvalue weighted by atomic mass is 10.3. The number of benzene rings is 2. The van der Waals surface area contributed by atoms with Gasteiger partial charge in [-0.1, -0.05) is 41.4 Å². The second-order valence-corrected chi connectivity index (χ2v) is 5.98. The molecule has 0 saturated carbocycles. The Labute approximate surface area is 157 Å². The van der Waals surface area contributed by atoms with Gasteiger partial charge in [0.2, 0.25) is 6.08 Å². The van der Waals surface area contributed by atoms with Crippen LogP contribution in [0.4, 0.5) is 17.1 Å². The maximum Gasteiger partial charge on any atom is 0.299 e. The van der Waals surface area contributed by atoms with E-state index in [1.807, 2.05) is 0 Å². The molecule has 0 unspecified atom stereocenters. The molecule has 9 heteroatoms. The molecule has 130 valence electrons. The fourth-order valence-electron chi connectivity index (χ4n) is 2.29. The van der Waals surface area contributed by atoms with Gasteiger partial charge in [-0.25, -0.2) is 9.48 Å². The van der Waals surface area contributed by atoms with Crippen molar-refractivity contribution in [2.75, 3.05) is 0 Å². The van der Waals surface area contributed by atoms with Gasteiger partial charge in [-0.15, -0.1) is 10.2 Å². The van der Waals surface area contributed by atoms with Gasteiger partial charge < -0.3 is 0 Å². The lowest BCUT2D eigenvalue weighted by molar-refractivity contribution is 0.565. The van der Waals surface area contributed by atoms with E-state index in [0.717, 1.165) is 0 Å².